The molecule has 0 heterocycles. The minimum atomic E-state index is -3.43. The summed E-state index contributed by atoms with van der Waals surface area (Å²) in [4.78, 5) is 0.337. The van der Waals surface area contributed by atoms with Gasteiger partial charge in [-0.15, -0.1) is 0 Å². The highest BCUT2D eigenvalue weighted by Gasteiger charge is 2.13. The van der Waals surface area contributed by atoms with Crippen LogP contribution in [0.1, 0.15) is 43.4 Å². The molecule has 0 radical (unpaired) electrons. The van der Waals surface area contributed by atoms with E-state index in [2.05, 4.69) is 42.8 Å². The van der Waals surface area contributed by atoms with E-state index in [1.807, 2.05) is 12.1 Å². The van der Waals surface area contributed by atoms with Crippen molar-refractivity contribution in [1.82, 2.24) is 4.72 Å². The van der Waals surface area contributed by atoms with Crippen molar-refractivity contribution in [1.29, 1.82) is 0 Å². The molecule has 2 aromatic carbocycles. The van der Waals surface area contributed by atoms with Gasteiger partial charge in [-0.3, -0.25) is 0 Å². The van der Waals surface area contributed by atoms with Crippen molar-refractivity contribution in [3.8, 4) is 0 Å². The molecular weight excluding hydrogens is 318 g/mol. The lowest BCUT2D eigenvalue weighted by atomic mass is 10.1. The monoisotopic (exact) mass is 345 g/mol. The van der Waals surface area contributed by atoms with Crippen LogP contribution in [0, 0.1) is 0 Å². The summed E-state index contributed by atoms with van der Waals surface area (Å²) in [7, 11) is -3.43. The number of rotatable bonds is 9. The van der Waals surface area contributed by atoms with Crippen molar-refractivity contribution in [3.05, 3.63) is 65.2 Å². The lowest BCUT2D eigenvalue weighted by Crippen LogP contribution is -2.26. The summed E-state index contributed by atoms with van der Waals surface area (Å²) in [6.45, 7) is 4.68. The average Bonchev–Trinajstić information content (AvgIpc) is 2.61. The molecule has 2 rings (SSSR count). The van der Waals surface area contributed by atoms with E-state index in [4.69, 9.17) is 0 Å². The van der Waals surface area contributed by atoms with Crippen LogP contribution in [0.3, 0.4) is 0 Å². The zero-order valence-corrected chi connectivity index (χ0v) is 15.4. The number of sulfonamides is 1. The van der Waals surface area contributed by atoms with E-state index in [1.54, 1.807) is 12.1 Å². The average molecular weight is 346 g/mol. The van der Waals surface area contributed by atoms with Crippen LogP contribution in [0.15, 0.2) is 53.4 Å². The molecule has 0 saturated heterocycles. The lowest BCUT2D eigenvalue weighted by molar-refractivity contribution is 0.581. The Hall–Kier alpha value is -1.65. The number of unbranched alkanes of at least 4 members (excludes halogenated alkanes) is 1. The summed E-state index contributed by atoms with van der Waals surface area (Å²) in [5.74, 6) is 0. The van der Waals surface area contributed by atoms with Crippen LogP contribution in [-0.4, -0.2) is 15.0 Å². The Bertz CT molecular complexity index is 719. The molecule has 0 atom stereocenters. The maximum absolute atomic E-state index is 12.3. The molecule has 24 heavy (non-hydrogen) atoms. The molecule has 0 aliphatic carbocycles. The maximum Gasteiger partial charge on any atom is 0.240 e. The van der Waals surface area contributed by atoms with Crippen molar-refractivity contribution in [2.75, 3.05) is 6.54 Å². The summed E-state index contributed by atoms with van der Waals surface area (Å²) in [6, 6.07) is 15.5. The van der Waals surface area contributed by atoms with Crippen molar-refractivity contribution in [2.45, 2.75) is 50.8 Å². The first-order chi connectivity index (χ1) is 11.5. The zero-order chi connectivity index (χ0) is 17.4. The van der Waals surface area contributed by atoms with Gasteiger partial charge in [-0.2, -0.15) is 0 Å². The molecule has 0 aromatic heterocycles. The van der Waals surface area contributed by atoms with Gasteiger partial charge in [0.05, 0.1) is 4.90 Å². The second-order valence-corrected chi connectivity index (χ2v) is 7.83. The van der Waals surface area contributed by atoms with E-state index < -0.39 is 10.0 Å². The topological polar surface area (TPSA) is 46.2 Å². The fourth-order valence-corrected chi connectivity index (χ4v) is 3.60. The molecule has 0 fully saturated rings. The van der Waals surface area contributed by atoms with Crippen molar-refractivity contribution >= 4 is 10.0 Å². The Balaban J connectivity index is 1.90. The molecular formula is C20H27NO2S. The highest BCUT2D eigenvalue weighted by atomic mass is 32.2. The minimum Gasteiger partial charge on any atom is -0.211 e. The molecule has 0 spiro atoms. The maximum atomic E-state index is 12.3. The molecule has 0 amide bonds. The Morgan fingerprint density at radius 2 is 1.33 bits per heavy atom. The molecule has 4 heteroatoms. The van der Waals surface area contributed by atoms with E-state index >= 15 is 0 Å². The first kappa shape index (κ1) is 18.7. The quantitative estimate of drug-likeness (QED) is 0.743. The van der Waals surface area contributed by atoms with E-state index in [-0.39, 0.29) is 0 Å². The Kier molecular flexibility index (Phi) is 7.00. The highest BCUT2D eigenvalue weighted by Crippen LogP contribution is 2.13. The standard InChI is InChI=1S/C20H27NO2S/c1-3-5-6-18-11-13-20(14-12-18)24(22,23)21-16-15-19-9-7-17(4-2)8-10-19/h7-14,21H,3-6,15-16H2,1-2H3. The van der Waals surface area contributed by atoms with Gasteiger partial charge in [0.25, 0.3) is 0 Å². The molecule has 0 bridgehead atoms. The van der Waals surface area contributed by atoms with Crippen LogP contribution in [0.4, 0.5) is 0 Å². The van der Waals surface area contributed by atoms with Crippen LogP contribution in [-0.2, 0) is 29.3 Å². The van der Waals surface area contributed by atoms with E-state index in [9.17, 15) is 8.42 Å². The van der Waals surface area contributed by atoms with Crippen LogP contribution in [0.2, 0.25) is 0 Å². The fourth-order valence-electron chi connectivity index (χ4n) is 2.57. The predicted octanol–water partition coefficient (Wildman–Crippen LogP) is 4.11. The van der Waals surface area contributed by atoms with Gasteiger partial charge in [0.1, 0.15) is 0 Å². The third kappa shape index (κ3) is 5.46. The Morgan fingerprint density at radius 1 is 0.792 bits per heavy atom. The van der Waals surface area contributed by atoms with Gasteiger partial charge in [-0.05, 0) is 54.5 Å². The smallest absolute Gasteiger partial charge is 0.211 e. The summed E-state index contributed by atoms with van der Waals surface area (Å²) < 4.78 is 27.4. The van der Waals surface area contributed by atoms with Gasteiger partial charge in [-0.25, -0.2) is 13.1 Å². The second-order valence-electron chi connectivity index (χ2n) is 6.07. The summed E-state index contributed by atoms with van der Waals surface area (Å²) in [5.41, 5.74) is 3.62. The summed E-state index contributed by atoms with van der Waals surface area (Å²) in [5, 5.41) is 0. The molecule has 130 valence electrons. The van der Waals surface area contributed by atoms with E-state index in [1.165, 1.54) is 11.1 Å². The molecule has 2 aromatic rings. The molecule has 1 N–H and O–H groups in total. The van der Waals surface area contributed by atoms with Gasteiger partial charge in [0, 0.05) is 6.54 Å². The molecule has 0 saturated carbocycles. The van der Waals surface area contributed by atoms with Gasteiger partial charge in [0.15, 0.2) is 0 Å². The summed E-state index contributed by atoms with van der Waals surface area (Å²) >= 11 is 0. The third-order valence-corrected chi connectivity index (χ3v) is 5.67. The van der Waals surface area contributed by atoms with E-state index in [0.717, 1.165) is 31.2 Å². The normalized spacial score (nSPS) is 11.6. The highest BCUT2D eigenvalue weighted by molar-refractivity contribution is 7.89. The second kappa shape index (κ2) is 9.00. The zero-order valence-electron chi connectivity index (χ0n) is 14.6. The molecule has 0 unspecified atom stereocenters. The minimum absolute atomic E-state index is 0.337. The molecule has 3 nitrogen and oxygen atoms in total. The van der Waals surface area contributed by atoms with Crippen LogP contribution < -0.4 is 4.72 Å². The molecule has 0 aliphatic rings. The number of hydrogen-bond acceptors (Lipinski definition) is 2. The largest absolute Gasteiger partial charge is 0.240 e. The SMILES string of the molecule is CCCCc1ccc(S(=O)(=O)NCCc2ccc(CC)cc2)cc1. The van der Waals surface area contributed by atoms with E-state index in [0.29, 0.717) is 17.9 Å². The third-order valence-electron chi connectivity index (χ3n) is 4.19. The Morgan fingerprint density at radius 3 is 1.92 bits per heavy atom. The van der Waals surface area contributed by atoms with Gasteiger partial charge in [-0.1, -0.05) is 56.7 Å². The predicted molar refractivity (Wildman–Crippen MR) is 99.8 cm³/mol. The van der Waals surface area contributed by atoms with Crippen LogP contribution in [0.25, 0.3) is 0 Å². The number of hydrogen-bond donors (Lipinski definition) is 1. The number of benzene rings is 2. The molecule has 0 aliphatic heterocycles. The Labute approximate surface area is 146 Å². The van der Waals surface area contributed by atoms with Crippen LogP contribution in [0.5, 0.6) is 0 Å². The van der Waals surface area contributed by atoms with Crippen molar-refractivity contribution in [2.24, 2.45) is 0 Å². The summed E-state index contributed by atoms with van der Waals surface area (Å²) in [6.07, 6.45) is 4.97. The van der Waals surface area contributed by atoms with Gasteiger partial charge >= 0.3 is 0 Å². The fraction of sp³-hybridized carbons (Fsp3) is 0.400. The lowest BCUT2D eigenvalue weighted by Gasteiger charge is -2.08. The number of nitrogens with one attached hydrogen (secondary N) is 1. The van der Waals surface area contributed by atoms with Crippen LogP contribution >= 0.6 is 0 Å². The number of aryl methyl sites for hydroxylation is 2. The van der Waals surface area contributed by atoms with Crippen molar-refractivity contribution < 1.29 is 8.42 Å². The van der Waals surface area contributed by atoms with Gasteiger partial charge in [0.2, 0.25) is 10.0 Å². The van der Waals surface area contributed by atoms with Gasteiger partial charge < -0.3 is 0 Å². The first-order valence-electron chi connectivity index (χ1n) is 8.71. The first-order valence-corrected chi connectivity index (χ1v) is 10.2. The van der Waals surface area contributed by atoms with Crippen molar-refractivity contribution in [3.63, 3.8) is 0 Å².